The SMILES string of the molecule is CCCOc1ccc2ccccc2c1CN(C)C(=O)CCN1C(=O)c2ccccc2C1=O. The number of fused-ring (bicyclic) bond motifs is 2. The predicted octanol–water partition coefficient (Wildman–Crippen LogP) is 4.27. The summed E-state index contributed by atoms with van der Waals surface area (Å²) in [5.74, 6) is -0.0582. The lowest BCUT2D eigenvalue weighted by molar-refractivity contribution is -0.130. The van der Waals surface area contributed by atoms with Gasteiger partial charge < -0.3 is 9.64 Å². The highest BCUT2D eigenvalue weighted by atomic mass is 16.5. The van der Waals surface area contributed by atoms with E-state index in [-0.39, 0.29) is 30.7 Å². The van der Waals surface area contributed by atoms with E-state index in [4.69, 9.17) is 4.74 Å². The van der Waals surface area contributed by atoms with Gasteiger partial charge in [0.1, 0.15) is 5.75 Å². The molecule has 164 valence electrons. The molecule has 1 aliphatic heterocycles. The van der Waals surface area contributed by atoms with E-state index in [1.165, 1.54) is 0 Å². The molecule has 0 bridgehead atoms. The molecule has 1 aliphatic rings. The summed E-state index contributed by atoms with van der Waals surface area (Å²) >= 11 is 0. The molecule has 6 nitrogen and oxygen atoms in total. The molecule has 6 heteroatoms. The first-order valence-electron chi connectivity index (χ1n) is 10.8. The van der Waals surface area contributed by atoms with Crippen LogP contribution >= 0.6 is 0 Å². The van der Waals surface area contributed by atoms with Crippen molar-refractivity contribution in [3.8, 4) is 5.75 Å². The third-order valence-corrected chi connectivity index (χ3v) is 5.71. The molecule has 0 fully saturated rings. The fraction of sp³-hybridized carbons (Fsp3) is 0.269. The van der Waals surface area contributed by atoms with Crippen molar-refractivity contribution in [2.24, 2.45) is 0 Å². The highest BCUT2D eigenvalue weighted by Gasteiger charge is 2.35. The molecule has 0 aromatic heterocycles. The summed E-state index contributed by atoms with van der Waals surface area (Å²) in [5, 5.41) is 2.12. The number of benzene rings is 3. The van der Waals surface area contributed by atoms with E-state index in [1.54, 1.807) is 36.2 Å². The maximum absolute atomic E-state index is 12.9. The van der Waals surface area contributed by atoms with Crippen LogP contribution in [0.2, 0.25) is 0 Å². The fourth-order valence-corrected chi connectivity index (χ4v) is 3.99. The Morgan fingerprint density at radius 1 is 0.938 bits per heavy atom. The first-order valence-corrected chi connectivity index (χ1v) is 10.8. The molecule has 4 rings (SSSR count). The zero-order chi connectivity index (χ0) is 22.7. The number of imide groups is 1. The normalized spacial score (nSPS) is 12.9. The number of carbonyl (C=O) groups is 3. The number of hydrogen-bond acceptors (Lipinski definition) is 4. The van der Waals surface area contributed by atoms with Crippen LogP contribution in [0.5, 0.6) is 5.75 Å². The van der Waals surface area contributed by atoms with E-state index in [9.17, 15) is 14.4 Å². The molecule has 0 aliphatic carbocycles. The van der Waals surface area contributed by atoms with E-state index in [0.29, 0.717) is 24.3 Å². The number of rotatable bonds is 8. The summed E-state index contributed by atoms with van der Waals surface area (Å²) in [6, 6.07) is 18.7. The minimum absolute atomic E-state index is 0.0598. The molecule has 0 saturated heterocycles. The van der Waals surface area contributed by atoms with Crippen LogP contribution in [-0.4, -0.2) is 47.7 Å². The molecule has 3 amide bonds. The van der Waals surface area contributed by atoms with E-state index < -0.39 is 0 Å². The first-order chi connectivity index (χ1) is 15.5. The topological polar surface area (TPSA) is 66.9 Å². The number of carbonyl (C=O) groups excluding carboxylic acids is 3. The second-order valence-corrected chi connectivity index (χ2v) is 7.92. The first kappa shape index (κ1) is 21.6. The van der Waals surface area contributed by atoms with Gasteiger partial charge >= 0.3 is 0 Å². The van der Waals surface area contributed by atoms with Crippen LogP contribution < -0.4 is 4.74 Å². The lowest BCUT2D eigenvalue weighted by Crippen LogP contribution is -2.35. The number of nitrogens with zero attached hydrogens (tertiary/aromatic N) is 2. The van der Waals surface area contributed by atoms with Crippen molar-refractivity contribution in [2.45, 2.75) is 26.3 Å². The lowest BCUT2D eigenvalue weighted by atomic mass is 10.0. The standard InChI is InChI=1S/C26H26N2O4/c1-3-16-32-23-13-12-18-8-4-5-9-19(18)22(23)17-27(2)24(29)14-15-28-25(30)20-10-6-7-11-21(20)26(28)31/h4-13H,3,14-17H2,1-2H3. The second-order valence-electron chi connectivity index (χ2n) is 7.92. The van der Waals surface area contributed by atoms with E-state index in [2.05, 4.69) is 6.92 Å². The highest BCUT2D eigenvalue weighted by molar-refractivity contribution is 6.21. The minimum Gasteiger partial charge on any atom is -0.493 e. The molecule has 3 aromatic rings. The Morgan fingerprint density at radius 3 is 2.28 bits per heavy atom. The molecule has 0 N–H and O–H groups in total. The van der Waals surface area contributed by atoms with Gasteiger partial charge in [-0.15, -0.1) is 0 Å². The van der Waals surface area contributed by atoms with Crippen LogP contribution in [0, 0.1) is 0 Å². The Bertz CT molecular complexity index is 1150. The molecule has 32 heavy (non-hydrogen) atoms. The van der Waals surface area contributed by atoms with Crippen molar-refractivity contribution in [3.05, 3.63) is 77.4 Å². The fourth-order valence-electron chi connectivity index (χ4n) is 3.99. The van der Waals surface area contributed by atoms with Gasteiger partial charge in [0.25, 0.3) is 11.8 Å². The Labute approximate surface area is 187 Å². The second kappa shape index (κ2) is 9.22. The van der Waals surface area contributed by atoms with E-state index in [1.807, 2.05) is 36.4 Å². The maximum atomic E-state index is 12.9. The molecular formula is C26H26N2O4. The van der Waals surface area contributed by atoms with Gasteiger partial charge in [0.05, 0.1) is 17.7 Å². The van der Waals surface area contributed by atoms with Crippen LogP contribution in [0.1, 0.15) is 46.0 Å². The highest BCUT2D eigenvalue weighted by Crippen LogP contribution is 2.30. The Hall–Kier alpha value is -3.67. The molecule has 0 spiro atoms. The minimum atomic E-state index is -0.342. The summed E-state index contributed by atoms with van der Waals surface area (Å²) < 4.78 is 5.94. The van der Waals surface area contributed by atoms with Gasteiger partial charge in [0, 0.05) is 32.1 Å². The largest absolute Gasteiger partial charge is 0.493 e. The molecule has 1 heterocycles. The quantitative estimate of drug-likeness (QED) is 0.501. The van der Waals surface area contributed by atoms with Crippen LogP contribution in [0.3, 0.4) is 0 Å². The van der Waals surface area contributed by atoms with Gasteiger partial charge in [-0.1, -0.05) is 49.4 Å². The van der Waals surface area contributed by atoms with Crippen LogP contribution in [0.4, 0.5) is 0 Å². The molecule has 0 atom stereocenters. The van der Waals surface area contributed by atoms with Crippen LogP contribution in [-0.2, 0) is 11.3 Å². The summed E-state index contributed by atoms with van der Waals surface area (Å²) in [7, 11) is 1.73. The van der Waals surface area contributed by atoms with Gasteiger partial charge in [0.2, 0.25) is 5.91 Å². The summed E-state index contributed by atoms with van der Waals surface area (Å²) in [4.78, 5) is 40.7. The third kappa shape index (κ3) is 4.08. The Balaban J connectivity index is 1.47. The average molecular weight is 431 g/mol. The summed E-state index contributed by atoms with van der Waals surface area (Å²) in [5.41, 5.74) is 1.74. The predicted molar refractivity (Wildman–Crippen MR) is 123 cm³/mol. The number of ether oxygens (including phenoxy) is 1. The van der Waals surface area contributed by atoms with Crippen molar-refractivity contribution < 1.29 is 19.1 Å². The van der Waals surface area contributed by atoms with Crippen molar-refractivity contribution in [1.29, 1.82) is 0 Å². The van der Waals surface area contributed by atoms with Gasteiger partial charge in [-0.2, -0.15) is 0 Å². The third-order valence-electron chi connectivity index (χ3n) is 5.71. The van der Waals surface area contributed by atoms with Gasteiger partial charge in [0.15, 0.2) is 0 Å². The molecule has 0 radical (unpaired) electrons. The van der Waals surface area contributed by atoms with Gasteiger partial charge in [-0.05, 0) is 35.4 Å². The number of amides is 3. The monoisotopic (exact) mass is 430 g/mol. The number of hydrogen-bond donors (Lipinski definition) is 0. The van der Waals surface area contributed by atoms with Crippen molar-refractivity contribution in [3.63, 3.8) is 0 Å². The molecule has 3 aromatic carbocycles. The smallest absolute Gasteiger partial charge is 0.261 e. The van der Waals surface area contributed by atoms with E-state index >= 15 is 0 Å². The Morgan fingerprint density at radius 2 is 1.59 bits per heavy atom. The lowest BCUT2D eigenvalue weighted by Gasteiger charge is -2.22. The maximum Gasteiger partial charge on any atom is 0.261 e. The summed E-state index contributed by atoms with van der Waals surface area (Å²) in [6.45, 7) is 3.09. The van der Waals surface area contributed by atoms with Crippen molar-refractivity contribution in [2.75, 3.05) is 20.2 Å². The van der Waals surface area contributed by atoms with Gasteiger partial charge in [-0.25, -0.2) is 0 Å². The Kier molecular flexibility index (Phi) is 6.21. The summed E-state index contributed by atoms with van der Waals surface area (Å²) in [6.07, 6.45) is 0.958. The zero-order valence-corrected chi connectivity index (χ0v) is 18.3. The van der Waals surface area contributed by atoms with Crippen LogP contribution in [0.15, 0.2) is 60.7 Å². The van der Waals surface area contributed by atoms with Crippen molar-refractivity contribution >= 4 is 28.5 Å². The van der Waals surface area contributed by atoms with Gasteiger partial charge in [-0.3, -0.25) is 19.3 Å². The van der Waals surface area contributed by atoms with Crippen molar-refractivity contribution in [1.82, 2.24) is 9.80 Å². The van der Waals surface area contributed by atoms with Crippen LogP contribution in [0.25, 0.3) is 10.8 Å². The zero-order valence-electron chi connectivity index (χ0n) is 18.3. The van der Waals surface area contributed by atoms with E-state index in [0.717, 1.165) is 33.4 Å². The average Bonchev–Trinajstić information content (AvgIpc) is 3.06. The molecule has 0 unspecified atom stereocenters. The molecule has 0 saturated carbocycles. The molecular weight excluding hydrogens is 404 g/mol.